The molecule has 1 N–H and O–H groups in total. The first kappa shape index (κ1) is 23.3. The molecule has 0 bridgehead atoms. The zero-order valence-corrected chi connectivity index (χ0v) is 22.9. The quantitative estimate of drug-likeness (QED) is 0.225. The van der Waals surface area contributed by atoms with Gasteiger partial charge in [0.25, 0.3) is 0 Å². The normalized spacial score (nSPS) is 13.1. The van der Waals surface area contributed by atoms with E-state index in [9.17, 15) is 0 Å². The van der Waals surface area contributed by atoms with Gasteiger partial charge in [0.05, 0.1) is 11.4 Å². The molecule has 0 spiro atoms. The topological polar surface area (TPSA) is 21.4 Å². The van der Waals surface area contributed by atoms with E-state index < -0.39 is 0 Å². The molecule has 6 rings (SSSR count). The van der Waals surface area contributed by atoms with Gasteiger partial charge in [0.1, 0.15) is 10.6 Å². The fourth-order valence-corrected chi connectivity index (χ4v) is 5.98. The molecule has 0 radical (unpaired) electrons. The number of halogens is 1. The number of benzene rings is 3. The van der Waals surface area contributed by atoms with Gasteiger partial charge < -0.3 is 9.88 Å². The number of nitrogens with one attached hydrogen (secondary N) is 1. The van der Waals surface area contributed by atoms with Gasteiger partial charge in [-0.1, -0.05) is 82.7 Å². The maximum absolute atomic E-state index is 6.23. The van der Waals surface area contributed by atoms with Gasteiger partial charge in [0.2, 0.25) is 0 Å². The Morgan fingerprint density at radius 2 is 1.69 bits per heavy atom. The third kappa shape index (κ3) is 4.00. The first-order valence-corrected chi connectivity index (χ1v) is 13.7. The van der Waals surface area contributed by atoms with Gasteiger partial charge in [0, 0.05) is 39.6 Å². The second kappa shape index (κ2) is 9.38. The lowest BCUT2D eigenvalue weighted by Crippen LogP contribution is -2.15. The van der Waals surface area contributed by atoms with Gasteiger partial charge in [-0.2, -0.15) is 0 Å². The number of aryl methyl sites for hydroxylation is 4. The predicted molar refractivity (Wildman–Crippen MR) is 158 cm³/mol. The van der Waals surface area contributed by atoms with Crippen LogP contribution in [0.4, 0.5) is 5.69 Å². The highest BCUT2D eigenvalue weighted by Gasteiger charge is 2.28. The van der Waals surface area contributed by atoms with Gasteiger partial charge in [0.15, 0.2) is 0 Å². The number of aromatic nitrogens is 2. The van der Waals surface area contributed by atoms with Gasteiger partial charge in [-0.3, -0.25) is 4.40 Å². The highest BCUT2D eigenvalue weighted by atomic mass is 79.9. The Morgan fingerprint density at radius 3 is 2.47 bits per heavy atom. The smallest absolute Gasteiger partial charge is 0.128 e. The maximum Gasteiger partial charge on any atom is 0.128 e. The van der Waals surface area contributed by atoms with E-state index in [1.807, 2.05) is 0 Å². The number of rotatable bonds is 4. The van der Waals surface area contributed by atoms with Crippen LogP contribution in [0.15, 0.2) is 83.5 Å². The van der Waals surface area contributed by atoms with E-state index in [2.05, 4.69) is 123 Å². The van der Waals surface area contributed by atoms with Crippen LogP contribution in [0.3, 0.4) is 0 Å². The fraction of sp³-hybridized carbons (Fsp3) is 0.194. The van der Waals surface area contributed by atoms with Crippen LogP contribution in [0, 0.1) is 13.8 Å². The summed E-state index contributed by atoms with van der Waals surface area (Å²) in [7, 11) is 0. The highest BCUT2D eigenvalue weighted by Crippen LogP contribution is 2.40. The second-order valence-corrected chi connectivity index (χ2v) is 11.0. The van der Waals surface area contributed by atoms with Crippen LogP contribution >= 0.6 is 28.1 Å². The molecule has 0 unspecified atom stereocenters. The van der Waals surface area contributed by atoms with Crippen LogP contribution in [0.2, 0.25) is 0 Å². The molecule has 3 nitrogen and oxygen atoms in total. The molecule has 1 aliphatic heterocycles. The lowest BCUT2D eigenvalue weighted by Gasteiger charge is -2.15. The molecule has 0 aliphatic carbocycles. The van der Waals surface area contributed by atoms with Crippen LogP contribution in [-0.2, 0) is 13.0 Å². The number of thiocarbonyl (C=S) groups is 1. The van der Waals surface area contributed by atoms with E-state index in [0.29, 0.717) is 0 Å². The fourth-order valence-electron chi connectivity index (χ4n) is 5.41. The molecule has 180 valence electrons. The van der Waals surface area contributed by atoms with Crippen LogP contribution in [0.5, 0.6) is 0 Å². The van der Waals surface area contributed by atoms with E-state index in [1.54, 1.807) is 0 Å². The number of imidazole rings is 1. The number of nitrogens with zero attached hydrogens (tertiary/aromatic N) is 2. The first-order chi connectivity index (χ1) is 17.5. The molecule has 5 aromatic rings. The monoisotopic (exact) mass is 553 g/mol. The number of anilines is 1. The predicted octanol–water partition coefficient (Wildman–Crippen LogP) is 8.58. The summed E-state index contributed by atoms with van der Waals surface area (Å²) < 4.78 is 5.93. The molecule has 0 saturated heterocycles. The van der Waals surface area contributed by atoms with Crippen LogP contribution < -0.4 is 5.32 Å². The summed E-state index contributed by atoms with van der Waals surface area (Å²) in [5.74, 6) is 0. The van der Waals surface area contributed by atoms with Gasteiger partial charge >= 0.3 is 0 Å². The Bertz CT molecular complexity index is 1590. The minimum absolute atomic E-state index is 0.748. The van der Waals surface area contributed by atoms with Crippen molar-refractivity contribution in [3.05, 3.63) is 106 Å². The molecule has 0 saturated carbocycles. The molecule has 5 heteroatoms. The second-order valence-electron chi connectivity index (χ2n) is 9.67. The Labute approximate surface area is 225 Å². The average molecular weight is 555 g/mol. The van der Waals surface area contributed by atoms with Crippen molar-refractivity contribution in [1.29, 1.82) is 0 Å². The molecule has 0 fully saturated rings. The molecule has 3 heterocycles. The Kier molecular flexibility index (Phi) is 6.06. The largest absolute Gasteiger partial charge is 0.345 e. The van der Waals surface area contributed by atoms with Crippen molar-refractivity contribution in [3.63, 3.8) is 0 Å². The first-order valence-electron chi connectivity index (χ1n) is 12.5. The van der Waals surface area contributed by atoms with E-state index in [-0.39, 0.29) is 0 Å². The summed E-state index contributed by atoms with van der Waals surface area (Å²) >= 11 is 9.85. The summed E-state index contributed by atoms with van der Waals surface area (Å²) in [5.41, 5.74) is 12.0. The molecule has 0 amide bonds. The summed E-state index contributed by atoms with van der Waals surface area (Å²) in [5, 5.41) is 3.63. The molecular formula is C31H28BrN3S. The molecule has 2 aromatic heterocycles. The summed E-state index contributed by atoms with van der Waals surface area (Å²) in [6.45, 7) is 5.27. The highest BCUT2D eigenvalue weighted by molar-refractivity contribution is 9.10. The van der Waals surface area contributed by atoms with Crippen LogP contribution in [0.1, 0.15) is 35.2 Å². The summed E-state index contributed by atoms with van der Waals surface area (Å²) in [6, 6.07) is 25.8. The van der Waals surface area contributed by atoms with Gasteiger partial charge in [-0.25, -0.2) is 0 Å². The zero-order valence-electron chi connectivity index (χ0n) is 20.5. The Morgan fingerprint density at radius 1 is 0.917 bits per heavy atom. The third-order valence-corrected chi connectivity index (χ3v) is 7.99. The third-order valence-electron chi connectivity index (χ3n) is 7.17. The standard InChI is InChI=1S/C31H28BrN3S/c1-20-11-12-21(2)26(18-20)33-30(36)29-28(23-13-15-24(32)16-14-23)25-10-6-7-17-34-19-27(35(29)31(25)34)22-8-4-3-5-9-22/h3-5,8-9,11-16,18-19H,6-7,10,17H2,1-2H3,(H,33,36). The van der Waals surface area contributed by atoms with E-state index in [4.69, 9.17) is 12.2 Å². The Balaban J connectivity index is 1.65. The van der Waals surface area contributed by atoms with Crippen molar-refractivity contribution in [3.8, 4) is 22.4 Å². The lowest BCUT2D eigenvalue weighted by molar-refractivity contribution is 0.644. The van der Waals surface area contributed by atoms with Crippen molar-refractivity contribution in [2.45, 2.75) is 39.7 Å². The molecule has 3 aromatic carbocycles. The van der Waals surface area contributed by atoms with Crippen LogP contribution in [0.25, 0.3) is 28.0 Å². The van der Waals surface area contributed by atoms with E-state index >= 15 is 0 Å². The minimum atomic E-state index is 0.748. The molecule has 36 heavy (non-hydrogen) atoms. The lowest BCUT2D eigenvalue weighted by atomic mass is 9.98. The van der Waals surface area contributed by atoms with Crippen molar-refractivity contribution >= 4 is 44.5 Å². The number of hydrogen-bond donors (Lipinski definition) is 1. The van der Waals surface area contributed by atoms with Crippen molar-refractivity contribution in [1.82, 2.24) is 8.97 Å². The van der Waals surface area contributed by atoms with E-state index in [1.165, 1.54) is 57.6 Å². The maximum atomic E-state index is 6.23. The van der Waals surface area contributed by atoms with Crippen LogP contribution in [-0.4, -0.2) is 14.0 Å². The zero-order chi connectivity index (χ0) is 24.8. The van der Waals surface area contributed by atoms with Crippen molar-refractivity contribution in [2.75, 3.05) is 5.32 Å². The molecule has 0 atom stereocenters. The SMILES string of the molecule is Cc1ccc(C)c(NC(=S)c2c(-c3ccc(Br)cc3)c3c4n(cc(-c5ccccc5)n24)CCCC3)c1. The van der Waals surface area contributed by atoms with Gasteiger partial charge in [-0.15, -0.1) is 0 Å². The Hall–Kier alpha value is -3.15. The molecule has 1 aliphatic rings. The minimum Gasteiger partial charge on any atom is -0.345 e. The summed E-state index contributed by atoms with van der Waals surface area (Å²) in [4.78, 5) is 0.748. The van der Waals surface area contributed by atoms with Gasteiger partial charge in [-0.05, 0) is 68.0 Å². The van der Waals surface area contributed by atoms with Crippen molar-refractivity contribution < 1.29 is 0 Å². The average Bonchev–Trinajstić information content (AvgIpc) is 3.32. The van der Waals surface area contributed by atoms with Crippen molar-refractivity contribution in [2.24, 2.45) is 0 Å². The number of hydrogen-bond acceptors (Lipinski definition) is 1. The summed E-state index contributed by atoms with van der Waals surface area (Å²) in [6.07, 6.45) is 5.70. The van der Waals surface area contributed by atoms with E-state index in [0.717, 1.165) is 33.8 Å². The molecular weight excluding hydrogens is 526 g/mol.